The molecule has 1 aromatic rings. The largest absolute Gasteiger partial charge is 0.481 e. The number of hydrogen-bond donors (Lipinski definition) is 2. The molecule has 0 heterocycles. The van der Waals surface area contributed by atoms with Crippen molar-refractivity contribution in [1.82, 2.24) is 10.2 Å². The number of hydrogen-bond acceptors (Lipinski definition) is 3. The van der Waals surface area contributed by atoms with Gasteiger partial charge >= 0.3 is 5.97 Å². The van der Waals surface area contributed by atoms with E-state index in [2.05, 4.69) is 17.4 Å². The van der Waals surface area contributed by atoms with Crippen LogP contribution in [0.4, 0.5) is 0 Å². The third kappa shape index (κ3) is 6.16. The molecule has 0 radical (unpaired) electrons. The van der Waals surface area contributed by atoms with Crippen molar-refractivity contribution in [3.63, 3.8) is 0 Å². The quantitative estimate of drug-likeness (QED) is 0.759. The highest BCUT2D eigenvalue weighted by Crippen LogP contribution is 2.34. The average molecular weight is 346 g/mol. The molecular weight excluding hydrogens is 316 g/mol. The number of benzene rings is 1. The van der Waals surface area contributed by atoms with Crippen molar-refractivity contribution < 1.29 is 14.7 Å². The average Bonchev–Trinajstić information content (AvgIpc) is 2.61. The molecule has 0 spiro atoms. The third-order valence-electron chi connectivity index (χ3n) is 5.02. The zero-order valence-corrected chi connectivity index (χ0v) is 15.3. The molecule has 2 unspecified atom stereocenters. The molecule has 1 amide bonds. The number of rotatable bonds is 8. The van der Waals surface area contributed by atoms with E-state index in [9.17, 15) is 9.59 Å². The monoisotopic (exact) mass is 346 g/mol. The van der Waals surface area contributed by atoms with Crippen LogP contribution in [0.15, 0.2) is 30.3 Å². The summed E-state index contributed by atoms with van der Waals surface area (Å²) in [5.74, 6) is -0.888. The summed E-state index contributed by atoms with van der Waals surface area (Å²) < 4.78 is 0. The minimum atomic E-state index is -0.836. The van der Waals surface area contributed by atoms with Gasteiger partial charge in [-0.15, -0.1) is 0 Å². The first-order valence-electron chi connectivity index (χ1n) is 9.23. The Balaban J connectivity index is 1.98. The fraction of sp³-hybridized carbons (Fsp3) is 0.600. The number of nitrogens with one attached hydrogen (secondary N) is 1. The summed E-state index contributed by atoms with van der Waals surface area (Å²) in [5, 5.41) is 12.2. The molecule has 0 aliphatic heterocycles. The minimum absolute atomic E-state index is 0.0410. The lowest BCUT2D eigenvalue weighted by Crippen LogP contribution is -2.41. The maximum absolute atomic E-state index is 12.5. The van der Waals surface area contributed by atoms with Gasteiger partial charge in [-0.3, -0.25) is 14.5 Å². The van der Waals surface area contributed by atoms with E-state index in [0.717, 1.165) is 18.4 Å². The molecule has 5 nitrogen and oxygen atoms in total. The molecule has 0 aromatic heterocycles. The number of aliphatic carboxylic acids is 1. The number of amides is 1. The highest BCUT2D eigenvalue weighted by Gasteiger charge is 2.27. The molecule has 2 N–H and O–H groups in total. The molecule has 1 fully saturated rings. The van der Waals surface area contributed by atoms with Gasteiger partial charge in [-0.1, -0.05) is 56.5 Å². The first kappa shape index (κ1) is 19.4. The predicted octanol–water partition coefficient (Wildman–Crippen LogP) is 3.08. The summed E-state index contributed by atoms with van der Waals surface area (Å²) in [6.45, 7) is 2.24. The Morgan fingerprint density at radius 1 is 1.20 bits per heavy atom. The minimum Gasteiger partial charge on any atom is -0.481 e. The number of carbonyl (C=O) groups is 2. The molecule has 0 saturated heterocycles. The van der Waals surface area contributed by atoms with Crippen molar-refractivity contribution in [2.75, 3.05) is 20.1 Å². The lowest BCUT2D eigenvalue weighted by Gasteiger charge is -2.32. The van der Waals surface area contributed by atoms with Crippen molar-refractivity contribution >= 4 is 11.9 Å². The van der Waals surface area contributed by atoms with Crippen LogP contribution in [0.3, 0.4) is 0 Å². The van der Waals surface area contributed by atoms with Crippen LogP contribution in [0, 0.1) is 11.8 Å². The van der Waals surface area contributed by atoms with Gasteiger partial charge in [0.2, 0.25) is 5.91 Å². The highest BCUT2D eigenvalue weighted by molar-refractivity contribution is 5.78. The Bertz CT molecular complexity index is 555. The second-order valence-corrected chi connectivity index (χ2v) is 7.29. The second kappa shape index (κ2) is 9.56. The topological polar surface area (TPSA) is 69.6 Å². The Morgan fingerprint density at radius 3 is 2.44 bits per heavy atom. The number of likely N-dealkylation sites (N-methyl/N-ethyl adjacent to an activating group) is 1. The van der Waals surface area contributed by atoms with Crippen LogP contribution in [0.2, 0.25) is 0 Å². The van der Waals surface area contributed by atoms with E-state index in [1.54, 1.807) is 18.9 Å². The van der Waals surface area contributed by atoms with Crippen molar-refractivity contribution in [3.8, 4) is 0 Å². The van der Waals surface area contributed by atoms with E-state index in [1.165, 1.54) is 19.3 Å². The van der Waals surface area contributed by atoms with Gasteiger partial charge in [-0.25, -0.2) is 0 Å². The summed E-state index contributed by atoms with van der Waals surface area (Å²) >= 11 is 0. The van der Waals surface area contributed by atoms with Crippen LogP contribution in [-0.4, -0.2) is 42.0 Å². The zero-order valence-electron chi connectivity index (χ0n) is 15.3. The fourth-order valence-corrected chi connectivity index (χ4v) is 3.68. The zero-order chi connectivity index (χ0) is 18.2. The summed E-state index contributed by atoms with van der Waals surface area (Å²) in [6, 6.07) is 10.2. The van der Waals surface area contributed by atoms with Gasteiger partial charge in [0.1, 0.15) is 0 Å². The van der Waals surface area contributed by atoms with Crippen molar-refractivity contribution in [2.45, 2.75) is 45.1 Å². The van der Waals surface area contributed by atoms with Crippen molar-refractivity contribution in [1.29, 1.82) is 0 Å². The van der Waals surface area contributed by atoms with Gasteiger partial charge in [-0.05, 0) is 31.4 Å². The molecule has 25 heavy (non-hydrogen) atoms. The standard InChI is InChI=1S/C20H30N2O3/c1-15(20(24)25)13-22(2)14-18(23)21-19(16-9-5-3-6-10-16)17-11-7-4-8-12-17/h3,5-6,9-10,15,17,19H,4,7-8,11-14H2,1-2H3,(H,21,23)(H,24,25). The van der Waals surface area contributed by atoms with Crippen LogP contribution in [0.25, 0.3) is 0 Å². The van der Waals surface area contributed by atoms with E-state index in [1.807, 2.05) is 18.2 Å². The van der Waals surface area contributed by atoms with E-state index in [-0.39, 0.29) is 18.5 Å². The molecule has 1 aliphatic rings. The highest BCUT2D eigenvalue weighted by atomic mass is 16.4. The predicted molar refractivity (Wildman–Crippen MR) is 98.2 cm³/mol. The van der Waals surface area contributed by atoms with E-state index in [4.69, 9.17) is 5.11 Å². The summed E-state index contributed by atoms with van der Waals surface area (Å²) in [5.41, 5.74) is 1.16. The van der Waals surface area contributed by atoms with Crippen LogP contribution < -0.4 is 5.32 Å². The van der Waals surface area contributed by atoms with Crippen molar-refractivity contribution in [2.24, 2.45) is 11.8 Å². The summed E-state index contributed by atoms with van der Waals surface area (Å²) in [6.07, 6.45) is 6.01. The summed E-state index contributed by atoms with van der Waals surface area (Å²) in [4.78, 5) is 25.3. The molecule has 1 aromatic carbocycles. The third-order valence-corrected chi connectivity index (χ3v) is 5.02. The van der Waals surface area contributed by atoms with E-state index >= 15 is 0 Å². The van der Waals surface area contributed by atoms with Gasteiger partial charge in [-0.2, -0.15) is 0 Å². The molecular formula is C20H30N2O3. The molecule has 5 heteroatoms. The second-order valence-electron chi connectivity index (χ2n) is 7.29. The number of carboxylic acid groups (broad SMARTS) is 1. The van der Waals surface area contributed by atoms with E-state index in [0.29, 0.717) is 12.5 Å². The molecule has 0 bridgehead atoms. The Hall–Kier alpha value is -1.88. The Morgan fingerprint density at radius 2 is 1.84 bits per heavy atom. The van der Waals surface area contributed by atoms with Crippen LogP contribution in [0.1, 0.15) is 50.6 Å². The first-order valence-corrected chi connectivity index (χ1v) is 9.23. The van der Waals surface area contributed by atoms with Crippen LogP contribution in [0.5, 0.6) is 0 Å². The van der Waals surface area contributed by atoms with Crippen LogP contribution >= 0.6 is 0 Å². The first-order chi connectivity index (χ1) is 12.0. The molecule has 1 saturated carbocycles. The Labute approximate surface area is 150 Å². The molecule has 1 aliphatic carbocycles. The maximum Gasteiger partial charge on any atom is 0.307 e. The number of carboxylic acids is 1. The van der Waals surface area contributed by atoms with Crippen molar-refractivity contribution in [3.05, 3.63) is 35.9 Å². The normalized spacial score (nSPS) is 17.9. The van der Waals surface area contributed by atoms with Gasteiger partial charge in [0.25, 0.3) is 0 Å². The smallest absolute Gasteiger partial charge is 0.307 e. The van der Waals surface area contributed by atoms with Gasteiger partial charge < -0.3 is 10.4 Å². The lowest BCUT2D eigenvalue weighted by atomic mass is 9.81. The molecule has 2 atom stereocenters. The Kier molecular flexibility index (Phi) is 7.44. The summed E-state index contributed by atoms with van der Waals surface area (Å²) in [7, 11) is 1.79. The SMILES string of the molecule is CC(CN(C)CC(=O)NC(c1ccccc1)C1CCCCC1)C(=O)O. The molecule has 2 rings (SSSR count). The van der Waals surface area contributed by atoms with Gasteiger partial charge in [0.15, 0.2) is 0 Å². The van der Waals surface area contributed by atoms with Gasteiger partial charge in [0, 0.05) is 6.54 Å². The van der Waals surface area contributed by atoms with Gasteiger partial charge in [0.05, 0.1) is 18.5 Å². The number of carbonyl (C=O) groups excluding carboxylic acids is 1. The fourth-order valence-electron chi connectivity index (χ4n) is 3.68. The maximum atomic E-state index is 12.5. The van der Waals surface area contributed by atoms with Crippen LogP contribution in [-0.2, 0) is 9.59 Å². The lowest BCUT2D eigenvalue weighted by molar-refractivity contribution is -0.142. The number of nitrogens with zero attached hydrogens (tertiary/aromatic N) is 1. The molecule has 138 valence electrons. The van der Waals surface area contributed by atoms with E-state index < -0.39 is 11.9 Å².